The van der Waals surface area contributed by atoms with Crippen LogP contribution >= 0.6 is 0 Å². The minimum absolute atomic E-state index is 0.186. The van der Waals surface area contributed by atoms with E-state index in [0.29, 0.717) is 26.2 Å². The first-order valence-electron chi connectivity index (χ1n) is 6.73. The lowest BCUT2D eigenvalue weighted by Gasteiger charge is -2.35. The molecule has 0 unspecified atom stereocenters. The minimum Gasteiger partial charge on any atom is -0.352 e. The number of anilines is 1. The van der Waals surface area contributed by atoms with Crippen LogP contribution < -0.4 is 10.5 Å². The van der Waals surface area contributed by atoms with Crippen molar-refractivity contribution in [3.05, 3.63) is 52.8 Å². The molecule has 108 valence electrons. The third-order valence-corrected chi connectivity index (χ3v) is 3.49. The van der Waals surface area contributed by atoms with Gasteiger partial charge in [0.1, 0.15) is 11.4 Å². The number of hydrogen-bond acceptors (Lipinski definition) is 5. The summed E-state index contributed by atoms with van der Waals surface area (Å²) in [5, 5.41) is 0. The molecule has 0 aromatic carbocycles. The third kappa shape index (κ3) is 2.76. The molecule has 1 fully saturated rings. The van der Waals surface area contributed by atoms with E-state index in [2.05, 4.69) is 19.9 Å². The van der Waals surface area contributed by atoms with Gasteiger partial charge >= 0.3 is 0 Å². The van der Waals surface area contributed by atoms with Crippen molar-refractivity contribution in [3.8, 4) is 0 Å². The number of nitrogens with one attached hydrogen (secondary N) is 1. The number of amides is 1. The van der Waals surface area contributed by atoms with Gasteiger partial charge < -0.3 is 14.8 Å². The first kappa shape index (κ1) is 13.3. The van der Waals surface area contributed by atoms with E-state index in [-0.39, 0.29) is 17.0 Å². The van der Waals surface area contributed by atoms with Crippen LogP contribution in [0.2, 0.25) is 0 Å². The summed E-state index contributed by atoms with van der Waals surface area (Å²) >= 11 is 0. The van der Waals surface area contributed by atoms with Crippen molar-refractivity contribution >= 4 is 11.7 Å². The van der Waals surface area contributed by atoms with E-state index in [1.807, 2.05) is 0 Å². The fraction of sp³-hybridized carbons (Fsp3) is 0.286. The third-order valence-electron chi connectivity index (χ3n) is 3.49. The Morgan fingerprint density at radius 3 is 2.67 bits per heavy atom. The van der Waals surface area contributed by atoms with E-state index in [1.54, 1.807) is 35.6 Å². The Kier molecular flexibility index (Phi) is 3.63. The number of H-pyrrole nitrogens is 1. The second-order valence-corrected chi connectivity index (χ2v) is 4.76. The summed E-state index contributed by atoms with van der Waals surface area (Å²) in [4.78, 5) is 38.6. The summed E-state index contributed by atoms with van der Waals surface area (Å²) in [6.07, 6.45) is 6.51. The summed E-state index contributed by atoms with van der Waals surface area (Å²) in [6.45, 7) is 2.47. The summed E-state index contributed by atoms with van der Waals surface area (Å²) in [7, 11) is 0. The Hall–Kier alpha value is -2.70. The smallest absolute Gasteiger partial charge is 0.260 e. The highest BCUT2D eigenvalue weighted by atomic mass is 16.2. The predicted octanol–water partition coefficient (Wildman–Crippen LogP) is 0.127. The van der Waals surface area contributed by atoms with Crippen LogP contribution in [0.4, 0.5) is 5.82 Å². The van der Waals surface area contributed by atoms with Gasteiger partial charge in [0.25, 0.3) is 11.5 Å². The monoisotopic (exact) mass is 285 g/mol. The van der Waals surface area contributed by atoms with Gasteiger partial charge in [0.15, 0.2) is 0 Å². The van der Waals surface area contributed by atoms with Gasteiger partial charge in [-0.3, -0.25) is 14.6 Å². The molecule has 0 aliphatic carbocycles. The Morgan fingerprint density at radius 2 is 2.00 bits per heavy atom. The highest BCUT2D eigenvalue weighted by molar-refractivity contribution is 5.93. The van der Waals surface area contributed by atoms with Gasteiger partial charge in [-0.15, -0.1) is 0 Å². The normalized spacial score (nSPS) is 15.0. The number of carbonyl (C=O) groups excluding carboxylic acids is 1. The molecular weight excluding hydrogens is 270 g/mol. The van der Waals surface area contributed by atoms with Crippen LogP contribution in [0, 0.1) is 0 Å². The molecule has 21 heavy (non-hydrogen) atoms. The predicted molar refractivity (Wildman–Crippen MR) is 77.2 cm³/mol. The molecule has 0 atom stereocenters. The number of rotatable bonds is 2. The standard InChI is InChI=1S/C14H15N5O2/c20-13-11(2-1-3-17-13)14(21)19-8-6-18(7-9-19)12-10-15-4-5-16-12/h1-5,10H,6-9H2,(H,17,20). The Bertz CT molecular complexity index is 677. The quantitative estimate of drug-likeness (QED) is 0.848. The lowest BCUT2D eigenvalue weighted by Crippen LogP contribution is -2.49. The highest BCUT2D eigenvalue weighted by Crippen LogP contribution is 2.12. The molecule has 0 saturated carbocycles. The maximum absolute atomic E-state index is 12.3. The van der Waals surface area contributed by atoms with E-state index in [9.17, 15) is 9.59 Å². The van der Waals surface area contributed by atoms with Crippen LogP contribution in [0.25, 0.3) is 0 Å². The molecule has 0 spiro atoms. The van der Waals surface area contributed by atoms with E-state index < -0.39 is 0 Å². The number of pyridine rings is 1. The lowest BCUT2D eigenvalue weighted by atomic mass is 10.2. The Balaban J connectivity index is 1.68. The Morgan fingerprint density at radius 1 is 1.19 bits per heavy atom. The SMILES string of the molecule is O=C(c1ccc[nH]c1=O)N1CCN(c2cnccn2)CC1. The molecule has 7 heteroatoms. The van der Waals surface area contributed by atoms with Crippen molar-refractivity contribution in [2.24, 2.45) is 0 Å². The summed E-state index contributed by atoms with van der Waals surface area (Å²) in [6, 6.07) is 3.21. The molecule has 1 saturated heterocycles. The Labute approximate surface area is 121 Å². The van der Waals surface area contributed by atoms with Crippen LogP contribution in [0.3, 0.4) is 0 Å². The van der Waals surface area contributed by atoms with Gasteiger partial charge in [-0.1, -0.05) is 0 Å². The van der Waals surface area contributed by atoms with Crippen molar-refractivity contribution in [2.75, 3.05) is 31.1 Å². The zero-order valence-electron chi connectivity index (χ0n) is 11.4. The van der Waals surface area contributed by atoms with Crippen molar-refractivity contribution in [2.45, 2.75) is 0 Å². The van der Waals surface area contributed by atoms with Gasteiger partial charge in [0, 0.05) is 44.8 Å². The van der Waals surface area contributed by atoms with Gasteiger partial charge in [-0.05, 0) is 12.1 Å². The zero-order chi connectivity index (χ0) is 14.7. The zero-order valence-corrected chi connectivity index (χ0v) is 11.4. The summed E-state index contributed by atoms with van der Waals surface area (Å²) < 4.78 is 0. The molecule has 0 bridgehead atoms. The van der Waals surface area contributed by atoms with E-state index in [4.69, 9.17) is 0 Å². The number of aromatic amines is 1. The van der Waals surface area contributed by atoms with Crippen molar-refractivity contribution < 1.29 is 4.79 Å². The first-order valence-corrected chi connectivity index (χ1v) is 6.73. The number of carbonyl (C=O) groups is 1. The largest absolute Gasteiger partial charge is 0.352 e. The molecule has 0 radical (unpaired) electrons. The number of hydrogen-bond donors (Lipinski definition) is 1. The van der Waals surface area contributed by atoms with Crippen LogP contribution in [0.1, 0.15) is 10.4 Å². The van der Waals surface area contributed by atoms with Gasteiger partial charge in [0.2, 0.25) is 0 Å². The van der Waals surface area contributed by atoms with Crippen LogP contribution in [0.15, 0.2) is 41.7 Å². The first-order chi connectivity index (χ1) is 10.3. The fourth-order valence-electron chi connectivity index (χ4n) is 2.35. The average molecular weight is 285 g/mol. The van der Waals surface area contributed by atoms with Gasteiger partial charge in [-0.2, -0.15) is 0 Å². The molecule has 7 nitrogen and oxygen atoms in total. The van der Waals surface area contributed by atoms with E-state index in [0.717, 1.165) is 5.82 Å². The topological polar surface area (TPSA) is 82.2 Å². The van der Waals surface area contributed by atoms with Crippen molar-refractivity contribution in [1.82, 2.24) is 19.9 Å². The number of nitrogens with zero attached hydrogens (tertiary/aromatic N) is 4. The molecular formula is C14H15N5O2. The number of aromatic nitrogens is 3. The fourth-order valence-corrected chi connectivity index (χ4v) is 2.35. The highest BCUT2D eigenvalue weighted by Gasteiger charge is 2.24. The van der Waals surface area contributed by atoms with Gasteiger partial charge in [-0.25, -0.2) is 4.98 Å². The van der Waals surface area contributed by atoms with E-state index >= 15 is 0 Å². The maximum atomic E-state index is 12.3. The molecule has 3 rings (SSSR count). The van der Waals surface area contributed by atoms with Crippen molar-refractivity contribution in [1.29, 1.82) is 0 Å². The molecule has 2 aromatic heterocycles. The molecule has 1 aliphatic heterocycles. The second kappa shape index (κ2) is 5.74. The van der Waals surface area contributed by atoms with Crippen LogP contribution in [0.5, 0.6) is 0 Å². The summed E-state index contributed by atoms with van der Waals surface area (Å²) in [5.74, 6) is 0.581. The maximum Gasteiger partial charge on any atom is 0.260 e. The van der Waals surface area contributed by atoms with Crippen LogP contribution in [-0.4, -0.2) is 51.9 Å². The number of piperazine rings is 1. The van der Waals surface area contributed by atoms with Gasteiger partial charge in [0.05, 0.1) is 6.20 Å². The molecule has 1 aliphatic rings. The molecule has 1 amide bonds. The lowest BCUT2D eigenvalue weighted by molar-refractivity contribution is 0.0744. The second-order valence-electron chi connectivity index (χ2n) is 4.76. The minimum atomic E-state index is -0.348. The molecule has 3 heterocycles. The van der Waals surface area contributed by atoms with E-state index in [1.165, 1.54) is 6.20 Å². The van der Waals surface area contributed by atoms with Crippen LogP contribution in [-0.2, 0) is 0 Å². The summed E-state index contributed by atoms with van der Waals surface area (Å²) in [5.41, 5.74) is -0.163. The molecule has 2 aromatic rings. The van der Waals surface area contributed by atoms with Crippen molar-refractivity contribution in [3.63, 3.8) is 0 Å². The average Bonchev–Trinajstić information content (AvgIpc) is 2.56. The molecule has 1 N–H and O–H groups in total.